The summed E-state index contributed by atoms with van der Waals surface area (Å²) in [6.07, 6.45) is 3.32. The van der Waals surface area contributed by atoms with Crippen molar-refractivity contribution < 1.29 is 19.8 Å². The van der Waals surface area contributed by atoms with Gasteiger partial charge in [-0.05, 0) is 48.5 Å². The number of hydrogen-bond donors (Lipinski definition) is 2. The molecule has 2 N–H and O–H groups in total. The molecule has 0 unspecified atom stereocenters. The number of benzene rings is 4. The Balaban J connectivity index is 1.67. The number of para-hydroxylation sites is 4. The van der Waals surface area contributed by atoms with E-state index in [9.17, 15) is 19.8 Å². The van der Waals surface area contributed by atoms with Gasteiger partial charge in [-0.15, -0.1) is 0 Å². The van der Waals surface area contributed by atoms with E-state index in [2.05, 4.69) is 9.97 Å². The quantitative estimate of drug-likeness (QED) is 0.345. The van der Waals surface area contributed by atoms with Crippen molar-refractivity contribution in [1.29, 1.82) is 0 Å². The maximum atomic E-state index is 11.9. The zero-order chi connectivity index (χ0) is 24.8. The van der Waals surface area contributed by atoms with Gasteiger partial charge in [-0.3, -0.25) is 9.13 Å². The lowest BCUT2D eigenvalue weighted by atomic mass is 9.97. The molecular formula is C28H18N4O4. The summed E-state index contributed by atoms with van der Waals surface area (Å²) in [4.78, 5) is 32.7. The zero-order valence-electron chi connectivity index (χ0n) is 18.7. The Morgan fingerprint density at radius 1 is 0.583 bits per heavy atom. The van der Waals surface area contributed by atoms with Crippen LogP contribution in [0.5, 0.6) is 0 Å². The smallest absolute Gasteiger partial charge is 0.335 e. The molecule has 0 radical (unpaired) electrons. The van der Waals surface area contributed by atoms with Gasteiger partial charge < -0.3 is 10.2 Å². The molecular weight excluding hydrogens is 456 g/mol. The molecule has 0 atom stereocenters. The van der Waals surface area contributed by atoms with E-state index in [-0.39, 0.29) is 11.1 Å². The number of aromatic carboxylic acids is 2. The van der Waals surface area contributed by atoms with Crippen LogP contribution in [0.3, 0.4) is 0 Å². The first-order valence-electron chi connectivity index (χ1n) is 11.1. The summed E-state index contributed by atoms with van der Waals surface area (Å²) in [6, 6.07) is 24.9. The number of nitrogens with zero attached hydrogens (tertiary/aromatic N) is 4. The zero-order valence-corrected chi connectivity index (χ0v) is 18.7. The number of hydrogen-bond acceptors (Lipinski definition) is 4. The average molecular weight is 474 g/mol. The van der Waals surface area contributed by atoms with Crippen LogP contribution in [0.15, 0.2) is 97.6 Å². The van der Waals surface area contributed by atoms with Crippen LogP contribution < -0.4 is 0 Å². The van der Waals surface area contributed by atoms with Crippen LogP contribution in [0.1, 0.15) is 20.7 Å². The summed E-state index contributed by atoms with van der Waals surface area (Å²) in [6.45, 7) is 0. The van der Waals surface area contributed by atoms with Gasteiger partial charge in [0.25, 0.3) is 0 Å². The van der Waals surface area contributed by atoms with Crippen LogP contribution in [0.4, 0.5) is 0 Å². The van der Waals surface area contributed by atoms with Crippen LogP contribution in [0, 0.1) is 0 Å². The lowest BCUT2D eigenvalue weighted by Gasteiger charge is -2.17. The minimum absolute atomic E-state index is 0.128. The van der Waals surface area contributed by atoms with Crippen LogP contribution in [-0.4, -0.2) is 41.3 Å². The monoisotopic (exact) mass is 474 g/mol. The molecule has 8 nitrogen and oxygen atoms in total. The highest BCUT2D eigenvalue weighted by Crippen LogP contribution is 2.36. The fourth-order valence-electron chi connectivity index (χ4n) is 4.49. The summed E-state index contributed by atoms with van der Waals surface area (Å²) in [5.41, 5.74) is 6.08. The summed E-state index contributed by atoms with van der Waals surface area (Å²) < 4.78 is 3.69. The molecule has 0 aliphatic rings. The molecule has 6 rings (SSSR count). The largest absolute Gasteiger partial charge is 0.478 e. The SMILES string of the molecule is O=C(O)c1ccc(-c2ccc(C(=O)O)cc2-n2cnc3ccccc32)c(-n2cnc3ccccc32)c1. The molecule has 0 saturated heterocycles. The Kier molecular flexibility index (Phi) is 4.86. The molecule has 0 fully saturated rings. The van der Waals surface area contributed by atoms with Gasteiger partial charge in [-0.1, -0.05) is 36.4 Å². The first-order valence-corrected chi connectivity index (χ1v) is 11.1. The molecule has 8 heteroatoms. The van der Waals surface area contributed by atoms with E-state index < -0.39 is 11.9 Å². The summed E-state index contributed by atoms with van der Waals surface area (Å²) in [5, 5.41) is 19.4. The molecule has 0 bridgehead atoms. The second kappa shape index (κ2) is 8.21. The number of imidazole rings is 2. The summed E-state index contributed by atoms with van der Waals surface area (Å²) in [7, 11) is 0. The molecule has 0 spiro atoms. The van der Waals surface area contributed by atoms with Gasteiger partial charge in [-0.25, -0.2) is 19.6 Å². The second-order valence-electron chi connectivity index (χ2n) is 8.28. The molecule has 0 aliphatic carbocycles. The van der Waals surface area contributed by atoms with E-state index in [0.29, 0.717) is 22.5 Å². The normalized spacial score (nSPS) is 11.2. The van der Waals surface area contributed by atoms with E-state index in [1.807, 2.05) is 57.7 Å². The van der Waals surface area contributed by atoms with E-state index in [1.54, 1.807) is 49.1 Å². The van der Waals surface area contributed by atoms with Crippen molar-refractivity contribution >= 4 is 34.0 Å². The Hall–Kier alpha value is -5.24. The van der Waals surface area contributed by atoms with E-state index in [4.69, 9.17) is 0 Å². The van der Waals surface area contributed by atoms with Crippen LogP contribution in [0.2, 0.25) is 0 Å². The fraction of sp³-hybridized carbons (Fsp3) is 0. The first kappa shape index (κ1) is 21.3. The first-order chi connectivity index (χ1) is 17.5. The molecule has 36 heavy (non-hydrogen) atoms. The van der Waals surface area contributed by atoms with Gasteiger partial charge >= 0.3 is 11.9 Å². The van der Waals surface area contributed by atoms with Gasteiger partial charge in [-0.2, -0.15) is 0 Å². The van der Waals surface area contributed by atoms with Crippen molar-refractivity contribution in [1.82, 2.24) is 19.1 Å². The Labute approximate surface area is 204 Å². The van der Waals surface area contributed by atoms with Crippen molar-refractivity contribution in [2.45, 2.75) is 0 Å². The van der Waals surface area contributed by atoms with Crippen molar-refractivity contribution in [2.24, 2.45) is 0 Å². The van der Waals surface area contributed by atoms with Crippen molar-refractivity contribution in [3.05, 3.63) is 109 Å². The van der Waals surface area contributed by atoms with Crippen molar-refractivity contribution in [3.63, 3.8) is 0 Å². The van der Waals surface area contributed by atoms with Gasteiger partial charge in [0.2, 0.25) is 0 Å². The van der Waals surface area contributed by atoms with E-state index in [0.717, 1.165) is 22.1 Å². The van der Waals surface area contributed by atoms with Gasteiger partial charge in [0.15, 0.2) is 0 Å². The molecule has 2 aromatic heterocycles. The number of carboxylic acid groups (broad SMARTS) is 2. The molecule has 0 aliphatic heterocycles. The molecule has 0 saturated carbocycles. The third kappa shape index (κ3) is 3.40. The summed E-state index contributed by atoms with van der Waals surface area (Å²) >= 11 is 0. The lowest BCUT2D eigenvalue weighted by molar-refractivity contribution is 0.0686. The molecule has 2 heterocycles. The maximum absolute atomic E-state index is 11.9. The third-order valence-corrected chi connectivity index (χ3v) is 6.21. The highest BCUT2D eigenvalue weighted by molar-refractivity contribution is 5.95. The predicted octanol–water partition coefficient (Wildman–Crippen LogP) is 5.43. The van der Waals surface area contributed by atoms with Crippen LogP contribution in [-0.2, 0) is 0 Å². The number of rotatable bonds is 5. The number of carbonyl (C=O) groups is 2. The van der Waals surface area contributed by atoms with Crippen LogP contribution >= 0.6 is 0 Å². The molecule has 4 aromatic carbocycles. The number of fused-ring (bicyclic) bond motifs is 2. The Morgan fingerprint density at radius 2 is 1.00 bits per heavy atom. The second-order valence-corrected chi connectivity index (χ2v) is 8.28. The average Bonchev–Trinajstić information content (AvgIpc) is 3.52. The summed E-state index contributed by atoms with van der Waals surface area (Å²) in [5.74, 6) is -2.09. The topological polar surface area (TPSA) is 110 Å². The highest BCUT2D eigenvalue weighted by atomic mass is 16.4. The number of aromatic nitrogens is 4. The van der Waals surface area contributed by atoms with Crippen molar-refractivity contribution in [2.75, 3.05) is 0 Å². The molecule has 0 amide bonds. The maximum Gasteiger partial charge on any atom is 0.335 e. The minimum atomic E-state index is -1.05. The van der Waals surface area contributed by atoms with Gasteiger partial charge in [0.05, 0.1) is 44.6 Å². The minimum Gasteiger partial charge on any atom is -0.478 e. The molecule has 6 aromatic rings. The highest BCUT2D eigenvalue weighted by Gasteiger charge is 2.19. The van der Waals surface area contributed by atoms with Crippen molar-refractivity contribution in [3.8, 4) is 22.5 Å². The lowest BCUT2D eigenvalue weighted by Crippen LogP contribution is -2.05. The number of carboxylic acids is 2. The van der Waals surface area contributed by atoms with Crippen LogP contribution in [0.25, 0.3) is 44.6 Å². The molecule has 174 valence electrons. The third-order valence-electron chi connectivity index (χ3n) is 6.21. The van der Waals surface area contributed by atoms with Gasteiger partial charge in [0, 0.05) is 11.1 Å². The Bertz CT molecular complexity index is 1680. The van der Waals surface area contributed by atoms with E-state index >= 15 is 0 Å². The van der Waals surface area contributed by atoms with Gasteiger partial charge in [0.1, 0.15) is 12.7 Å². The standard InChI is InChI=1S/C28H18N4O4/c33-27(34)17-9-11-19(25(13-17)31-15-29-21-5-1-3-7-23(21)31)20-12-10-18(28(35)36)14-26(20)32-16-30-22-6-2-4-8-24(22)32/h1-16H,(H,33,34)(H,35,36). The van der Waals surface area contributed by atoms with E-state index in [1.165, 1.54) is 0 Å². The predicted molar refractivity (Wildman–Crippen MR) is 135 cm³/mol. The Morgan fingerprint density at radius 3 is 1.42 bits per heavy atom. The fourth-order valence-corrected chi connectivity index (χ4v) is 4.49.